The Morgan fingerprint density at radius 2 is 1.47 bits per heavy atom. The summed E-state index contributed by atoms with van der Waals surface area (Å²) >= 11 is 0. The van der Waals surface area contributed by atoms with E-state index in [-0.39, 0.29) is 0 Å². The van der Waals surface area contributed by atoms with Gasteiger partial charge in [0.15, 0.2) is 0 Å². The van der Waals surface area contributed by atoms with E-state index in [1.807, 2.05) is 27.7 Å². The second-order valence-corrected chi connectivity index (χ2v) is 3.54. The monoisotopic (exact) mass is 214 g/mol. The molecule has 2 heteroatoms. The lowest BCUT2D eigenvalue weighted by Crippen LogP contribution is -2.38. The van der Waals surface area contributed by atoms with Crippen LogP contribution in [0.5, 0.6) is 0 Å². The van der Waals surface area contributed by atoms with Crippen molar-refractivity contribution in [1.29, 1.82) is 0 Å². The molecule has 0 radical (unpaired) electrons. The van der Waals surface area contributed by atoms with Gasteiger partial charge in [0, 0.05) is 12.2 Å². The van der Waals surface area contributed by atoms with Crippen molar-refractivity contribution in [3.8, 4) is 0 Å². The molecule has 0 aromatic rings. The van der Waals surface area contributed by atoms with E-state index >= 15 is 0 Å². The molecule has 0 amide bonds. The minimum atomic E-state index is 0.545. The van der Waals surface area contributed by atoms with Gasteiger partial charge in [-0.05, 0) is 31.6 Å². The minimum absolute atomic E-state index is 0.545. The first-order valence-corrected chi connectivity index (χ1v) is 6.39. The average Bonchev–Trinajstić information content (AvgIpc) is 2.34. The van der Waals surface area contributed by atoms with Crippen molar-refractivity contribution in [1.82, 2.24) is 5.01 Å². The first-order valence-electron chi connectivity index (χ1n) is 6.39. The third-order valence-corrected chi connectivity index (χ3v) is 2.62. The predicted octanol–water partition coefficient (Wildman–Crippen LogP) is 3.94. The Bertz CT molecular complexity index is 126. The largest absolute Gasteiger partial charge is 0.316 e. The third-order valence-electron chi connectivity index (χ3n) is 2.62. The number of rotatable bonds is 2. The summed E-state index contributed by atoms with van der Waals surface area (Å²) in [4.78, 5) is 0. The fraction of sp³-hybridized carbons (Fsp3) is 0.846. The van der Waals surface area contributed by atoms with Gasteiger partial charge in [-0.2, -0.15) is 0 Å². The van der Waals surface area contributed by atoms with Gasteiger partial charge < -0.3 is 5.01 Å². The van der Waals surface area contributed by atoms with E-state index in [2.05, 4.69) is 13.5 Å². The molecule has 15 heavy (non-hydrogen) atoms. The van der Waals surface area contributed by atoms with E-state index < -0.39 is 0 Å². The highest BCUT2D eigenvalue weighted by Gasteiger charge is 2.19. The van der Waals surface area contributed by atoms with E-state index in [1.54, 1.807) is 11.2 Å². The number of hydrazine groups is 1. The van der Waals surface area contributed by atoms with Gasteiger partial charge in [-0.1, -0.05) is 41.2 Å². The molecule has 1 fully saturated rings. The number of hydrogen-bond donors (Lipinski definition) is 1. The van der Waals surface area contributed by atoms with Crippen LogP contribution in [0.25, 0.3) is 0 Å². The van der Waals surface area contributed by atoms with Crippen molar-refractivity contribution in [2.75, 3.05) is 0 Å². The fourth-order valence-corrected chi connectivity index (χ4v) is 1.69. The van der Waals surface area contributed by atoms with Crippen LogP contribution >= 0.6 is 0 Å². The Hall–Kier alpha value is -0.500. The Labute approximate surface area is 96.5 Å². The average molecular weight is 214 g/mol. The first-order chi connectivity index (χ1) is 7.24. The third kappa shape index (κ3) is 7.43. The Balaban J connectivity index is 0. The van der Waals surface area contributed by atoms with E-state index in [4.69, 9.17) is 5.84 Å². The lowest BCUT2D eigenvalue weighted by Gasteiger charge is -2.31. The Morgan fingerprint density at radius 3 is 1.80 bits per heavy atom. The normalized spacial score (nSPS) is 23.9. The van der Waals surface area contributed by atoms with Gasteiger partial charge in [0.1, 0.15) is 0 Å². The summed E-state index contributed by atoms with van der Waals surface area (Å²) in [5.41, 5.74) is 0. The second-order valence-electron chi connectivity index (χ2n) is 3.54. The van der Waals surface area contributed by atoms with E-state index in [1.165, 1.54) is 25.7 Å². The lowest BCUT2D eigenvalue weighted by molar-refractivity contribution is 0.195. The summed E-state index contributed by atoms with van der Waals surface area (Å²) in [6.07, 6.45) is 6.80. The maximum atomic E-state index is 5.71. The van der Waals surface area contributed by atoms with Gasteiger partial charge in [-0.25, -0.2) is 5.84 Å². The topological polar surface area (TPSA) is 29.3 Å². The van der Waals surface area contributed by atoms with Crippen LogP contribution in [0.3, 0.4) is 0 Å². The number of hydrogen-bond acceptors (Lipinski definition) is 2. The molecule has 0 aliphatic heterocycles. The second kappa shape index (κ2) is 11.6. The molecular formula is C13H30N2. The summed E-state index contributed by atoms with van der Waals surface area (Å²) in [7, 11) is 0. The molecule has 0 saturated heterocycles. The Morgan fingerprint density at radius 1 is 1.07 bits per heavy atom. The van der Waals surface area contributed by atoms with Crippen molar-refractivity contribution in [3.05, 3.63) is 12.8 Å². The van der Waals surface area contributed by atoms with Crippen molar-refractivity contribution in [3.63, 3.8) is 0 Å². The fourth-order valence-electron chi connectivity index (χ4n) is 1.69. The first kappa shape index (κ1) is 16.9. The quantitative estimate of drug-likeness (QED) is 0.557. The summed E-state index contributed by atoms with van der Waals surface area (Å²) in [5.74, 6) is 6.60. The smallest absolute Gasteiger partial charge is 0.0445 e. The molecule has 1 aliphatic rings. The van der Waals surface area contributed by atoms with Crippen molar-refractivity contribution in [2.45, 2.75) is 66.3 Å². The molecule has 0 heterocycles. The van der Waals surface area contributed by atoms with E-state index in [0.717, 1.165) is 5.92 Å². The summed E-state index contributed by atoms with van der Waals surface area (Å²) in [5, 5.41) is 1.76. The van der Waals surface area contributed by atoms with Crippen LogP contribution in [0.1, 0.15) is 60.3 Å². The van der Waals surface area contributed by atoms with Crippen molar-refractivity contribution < 1.29 is 0 Å². The molecule has 1 saturated carbocycles. The molecule has 0 aromatic heterocycles. The zero-order valence-corrected chi connectivity index (χ0v) is 11.3. The molecule has 0 bridgehead atoms. The van der Waals surface area contributed by atoms with Crippen LogP contribution in [0, 0.1) is 5.92 Å². The SMILES string of the molecule is C=CN(N)C1CCC(C)CC1.CC.CC. The molecule has 0 spiro atoms. The molecule has 1 aliphatic carbocycles. The number of nitrogens with zero attached hydrogens (tertiary/aromatic N) is 1. The molecule has 2 N–H and O–H groups in total. The van der Waals surface area contributed by atoms with Gasteiger partial charge >= 0.3 is 0 Å². The van der Waals surface area contributed by atoms with Crippen LogP contribution < -0.4 is 5.84 Å². The zero-order chi connectivity index (χ0) is 12.3. The van der Waals surface area contributed by atoms with Crippen LogP contribution in [-0.4, -0.2) is 11.1 Å². The molecule has 0 aromatic carbocycles. The molecule has 1 rings (SSSR count). The van der Waals surface area contributed by atoms with Gasteiger partial charge in [-0.3, -0.25) is 0 Å². The van der Waals surface area contributed by atoms with Gasteiger partial charge in [0.05, 0.1) is 0 Å². The standard InChI is InChI=1S/C9H18N2.2C2H6/c1-3-11(10)9-6-4-8(2)5-7-9;2*1-2/h3,8-9H,1,4-7,10H2,2H3;2*1-2H3. The summed E-state index contributed by atoms with van der Waals surface area (Å²) in [6.45, 7) is 14.0. The maximum absolute atomic E-state index is 5.71. The zero-order valence-electron chi connectivity index (χ0n) is 11.3. The Kier molecular flexibility index (Phi) is 13.1. The summed E-state index contributed by atoms with van der Waals surface area (Å²) < 4.78 is 0. The van der Waals surface area contributed by atoms with Crippen LogP contribution in [-0.2, 0) is 0 Å². The van der Waals surface area contributed by atoms with Crippen LogP contribution in [0.2, 0.25) is 0 Å². The predicted molar refractivity (Wildman–Crippen MR) is 70.3 cm³/mol. The minimum Gasteiger partial charge on any atom is -0.316 e. The maximum Gasteiger partial charge on any atom is 0.0445 e. The molecular weight excluding hydrogens is 184 g/mol. The molecule has 2 nitrogen and oxygen atoms in total. The van der Waals surface area contributed by atoms with Crippen molar-refractivity contribution in [2.24, 2.45) is 11.8 Å². The number of nitrogens with two attached hydrogens (primary N) is 1. The molecule has 0 unspecified atom stereocenters. The van der Waals surface area contributed by atoms with Gasteiger partial charge in [0.2, 0.25) is 0 Å². The van der Waals surface area contributed by atoms with E-state index in [0.29, 0.717) is 6.04 Å². The highest BCUT2D eigenvalue weighted by molar-refractivity contribution is 4.79. The molecule has 0 atom stereocenters. The van der Waals surface area contributed by atoms with E-state index in [9.17, 15) is 0 Å². The van der Waals surface area contributed by atoms with Gasteiger partial charge in [-0.15, -0.1) is 0 Å². The highest BCUT2D eigenvalue weighted by Crippen LogP contribution is 2.25. The van der Waals surface area contributed by atoms with Crippen LogP contribution in [0.15, 0.2) is 12.8 Å². The van der Waals surface area contributed by atoms with Crippen LogP contribution in [0.4, 0.5) is 0 Å². The van der Waals surface area contributed by atoms with Gasteiger partial charge in [0.25, 0.3) is 0 Å². The lowest BCUT2D eigenvalue weighted by atomic mass is 9.87. The highest BCUT2D eigenvalue weighted by atomic mass is 15.4. The van der Waals surface area contributed by atoms with Crippen molar-refractivity contribution >= 4 is 0 Å². The molecule has 92 valence electrons. The summed E-state index contributed by atoms with van der Waals surface area (Å²) in [6, 6.07) is 0.545.